The first kappa shape index (κ1) is 12.6. The molecule has 0 aromatic carbocycles. The predicted octanol–water partition coefficient (Wildman–Crippen LogP) is 1.19. The van der Waals surface area contributed by atoms with Gasteiger partial charge in [0.15, 0.2) is 9.84 Å². The maximum atomic E-state index is 2.85. The molecule has 1 saturated heterocycles. The Hall–Kier alpha value is 0.0969. The zero-order valence-corrected chi connectivity index (χ0v) is 12.6. The standard InChI is InChI=1S/C12H27N3Si/c1-4-13(3)12-14(5-2)16-15(12)11-9-7-6-8-10-11/h11-12H,4-10,16H2,1-3H3. The van der Waals surface area contributed by atoms with E-state index in [9.17, 15) is 0 Å². The molecular weight excluding hydrogens is 214 g/mol. The molecule has 1 saturated carbocycles. The number of hydrogen-bond donors (Lipinski definition) is 0. The second-order valence-electron chi connectivity index (χ2n) is 5.27. The van der Waals surface area contributed by atoms with Crippen molar-refractivity contribution in [1.29, 1.82) is 0 Å². The smallest absolute Gasteiger partial charge is 0.177 e. The van der Waals surface area contributed by atoms with Gasteiger partial charge in [0.25, 0.3) is 0 Å². The third kappa shape index (κ3) is 2.35. The van der Waals surface area contributed by atoms with Crippen molar-refractivity contribution in [3.05, 3.63) is 0 Å². The van der Waals surface area contributed by atoms with Gasteiger partial charge in [0.05, 0.1) is 0 Å². The molecule has 0 N–H and O–H groups in total. The molecule has 4 heteroatoms. The van der Waals surface area contributed by atoms with Gasteiger partial charge in [0.1, 0.15) is 6.29 Å². The lowest BCUT2D eigenvalue weighted by atomic mass is 9.95. The molecule has 0 aromatic rings. The Balaban J connectivity index is 1.94. The summed E-state index contributed by atoms with van der Waals surface area (Å²) in [5.41, 5.74) is 0. The Morgan fingerprint density at radius 3 is 2.44 bits per heavy atom. The SMILES string of the molecule is CCN(C)C1N(CC)[SiH2]N1C1CCCCC1. The summed E-state index contributed by atoms with van der Waals surface area (Å²) in [7, 11) is 2.19. The molecule has 2 aliphatic rings. The van der Waals surface area contributed by atoms with Crippen LogP contribution < -0.4 is 0 Å². The molecule has 3 nitrogen and oxygen atoms in total. The quantitative estimate of drug-likeness (QED) is 0.685. The minimum Gasteiger partial charge on any atom is -0.290 e. The topological polar surface area (TPSA) is 9.72 Å². The largest absolute Gasteiger partial charge is 0.290 e. The number of rotatable bonds is 4. The van der Waals surface area contributed by atoms with Gasteiger partial charge in [-0.1, -0.05) is 33.1 Å². The zero-order chi connectivity index (χ0) is 11.5. The average molecular weight is 241 g/mol. The van der Waals surface area contributed by atoms with Crippen molar-refractivity contribution in [3.8, 4) is 0 Å². The second kappa shape index (κ2) is 5.62. The summed E-state index contributed by atoms with van der Waals surface area (Å²) >= 11 is 0. The molecule has 94 valence electrons. The van der Waals surface area contributed by atoms with E-state index in [1.54, 1.807) is 0 Å². The van der Waals surface area contributed by atoms with E-state index in [1.807, 2.05) is 0 Å². The van der Waals surface area contributed by atoms with Gasteiger partial charge >= 0.3 is 0 Å². The molecule has 2 fully saturated rings. The summed E-state index contributed by atoms with van der Waals surface area (Å²) in [5, 5.41) is 0. The maximum absolute atomic E-state index is 2.85. The van der Waals surface area contributed by atoms with Gasteiger partial charge in [-0.3, -0.25) is 14.0 Å². The second-order valence-corrected chi connectivity index (χ2v) is 7.10. The van der Waals surface area contributed by atoms with E-state index in [4.69, 9.17) is 0 Å². The van der Waals surface area contributed by atoms with Crippen molar-refractivity contribution in [1.82, 2.24) is 14.0 Å². The van der Waals surface area contributed by atoms with Gasteiger partial charge < -0.3 is 0 Å². The average Bonchev–Trinajstić information content (AvgIpc) is 2.29. The van der Waals surface area contributed by atoms with Crippen molar-refractivity contribution in [3.63, 3.8) is 0 Å². The van der Waals surface area contributed by atoms with Gasteiger partial charge in [-0.15, -0.1) is 0 Å². The summed E-state index contributed by atoms with van der Waals surface area (Å²) in [6.07, 6.45) is 7.95. The van der Waals surface area contributed by atoms with Gasteiger partial charge in [-0.2, -0.15) is 0 Å². The van der Waals surface area contributed by atoms with Crippen LogP contribution in [0.15, 0.2) is 0 Å². The van der Waals surface area contributed by atoms with Crippen molar-refractivity contribution >= 4 is 9.84 Å². The monoisotopic (exact) mass is 241 g/mol. The van der Waals surface area contributed by atoms with Crippen LogP contribution in [0.4, 0.5) is 0 Å². The van der Waals surface area contributed by atoms with Gasteiger partial charge in [-0.05, 0) is 33.0 Å². The minimum atomic E-state index is -0.0865. The highest BCUT2D eigenvalue weighted by Gasteiger charge is 2.41. The molecule has 1 aliphatic heterocycles. The molecule has 0 radical (unpaired) electrons. The maximum Gasteiger partial charge on any atom is 0.177 e. The Bertz CT molecular complexity index is 212. The summed E-state index contributed by atoms with van der Waals surface area (Å²) in [5.74, 6) is 0. The van der Waals surface area contributed by atoms with E-state index < -0.39 is 0 Å². The Morgan fingerprint density at radius 2 is 1.88 bits per heavy atom. The highest BCUT2D eigenvalue weighted by molar-refractivity contribution is 6.32. The molecule has 1 unspecified atom stereocenters. The van der Waals surface area contributed by atoms with Crippen LogP contribution in [0.25, 0.3) is 0 Å². The first-order chi connectivity index (χ1) is 7.77. The summed E-state index contributed by atoms with van der Waals surface area (Å²) in [6.45, 7) is 6.98. The van der Waals surface area contributed by atoms with Crippen molar-refractivity contribution in [2.45, 2.75) is 58.3 Å². The molecule has 2 rings (SSSR count). The highest BCUT2D eigenvalue weighted by atomic mass is 28.2. The third-order valence-corrected chi connectivity index (χ3v) is 6.62. The fraction of sp³-hybridized carbons (Fsp3) is 1.00. The molecular formula is C12H27N3Si. The lowest BCUT2D eigenvalue weighted by molar-refractivity contribution is -0.0520. The van der Waals surface area contributed by atoms with Crippen LogP contribution in [0, 0.1) is 0 Å². The van der Waals surface area contributed by atoms with E-state index >= 15 is 0 Å². The molecule has 1 atom stereocenters. The first-order valence-electron chi connectivity index (χ1n) is 6.98. The fourth-order valence-corrected chi connectivity index (χ4v) is 5.34. The van der Waals surface area contributed by atoms with Crippen LogP contribution in [0.1, 0.15) is 46.0 Å². The Labute approximate surface area is 103 Å². The Kier molecular flexibility index (Phi) is 4.41. The molecule has 0 amide bonds. The van der Waals surface area contributed by atoms with E-state index in [0.717, 1.165) is 6.04 Å². The van der Waals surface area contributed by atoms with E-state index in [0.29, 0.717) is 6.29 Å². The lowest BCUT2D eigenvalue weighted by Gasteiger charge is -2.57. The molecule has 16 heavy (non-hydrogen) atoms. The molecule has 0 spiro atoms. The van der Waals surface area contributed by atoms with E-state index in [1.165, 1.54) is 45.2 Å². The molecule has 0 bridgehead atoms. The molecule has 0 aromatic heterocycles. The zero-order valence-electron chi connectivity index (χ0n) is 11.2. The fourth-order valence-electron chi connectivity index (χ4n) is 3.14. The molecule has 1 heterocycles. The lowest BCUT2D eigenvalue weighted by Crippen LogP contribution is -2.74. The van der Waals surface area contributed by atoms with Crippen molar-refractivity contribution in [2.75, 3.05) is 20.1 Å². The van der Waals surface area contributed by atoms with Crippen LogP contribution in [0.3, 0.4) is 0 Å². The normalized spacial score (nSPS) is 31.1. The predicted molar refractivity (Wildman–Crippen MR) is 71.7 cm³/mol. The van der Waals surface area contributed by atoms with Crippen molar-refractivity contribution < 1.29 is 0 Å². The Morgan fingerprint density at radius 1 is 1.19 bits per heavy atom. The van der Waals surface area contributed by atoms with Crippen LogP contribution in [-0.4, -0.2) is 56.3 Å². The van der Waals surface area contributed by atoms with Gasteiger partial charge in [0.2, 0.25) is 0 Å². The van der Waals surface area contributed by atoms with Crippen LogP contribution >= 0.6 is 0 Å². The van der Waals surface area contributed by atoms with Gasteiger partial charge in [-0.25, -0.2) is 0 Å². The number of nitrogens with zero attached hydrogens (tertiary/aromatic N) is 3. The first-order valence-corrected chi connectivity index (χ1v) is 8.24. The third-order valence-electron chi connectivity index (χ3n) is 4.31. The summed E-state index contributed by atoms with van der Waals surface area (Å²) < 4.78 is 5.56. The minimum absolute atomic E-state index is 0.0865. The van der Waals surface area contributed by atoms with E-state index in [2.05, 4.69) is 34.9 Å². The van der Waals surface area contributed by atoms with Crippen molar-refractivity contribution in [2.24, 2.45) is 0 Å². The van der Waals surface area contributed by atoms with Crippen LogP contribution in [0.5, 0.6) is 0 Å². The summed E-state index contributed by atoms with van der Waals surface area (Å²) in [4.78, 5) is 2.51. The van der Waals surface area contributed by atoms with E-state index in [-0.39, 0.29) is 9.84 Å². The summed E-state index contributed by atoms with van der Waals surface area (Å²) in [6, 6.07) is 0.919. The van der Waals surface area contributed by atoms with Crippen LogP contribution in [-0.2, 0) is 0 Å². The van der Waals surface area contributed by atoms with Gasteiger partial charge in [0, 0.05) is 6.04 Å². The number of hydrogen-bond acceptors (Lipinski definition) is 3. The van der Waals surface area contributed by atoms with Crippen LogP contribution in [0.2, 0.25) is 0 Å². The molecule has 1 aliphatic carbocycles. The highest BCUT2D eigenvalue weighted by Crippen LogP contribution is 2.30.